The van der Waals surface area contributed by atoms with Crippen molar-refractivity contribution in [3.05, 3.63) is 88.5 Å². The zero-order chi connectivity index (χ0) is 25.3. The highest BCUT2D eigenvalue weighted by Crippen LogP contribution is 2.41. The molecule has 0 radical (unpaired) electrons. The lowest BCUT2D eigenvalue weighted by atomic mass is 9.85. The van der Waals surface area contributed by atoms with Gasteiger partial charge in [0.25, 0.3) is 0 Å². The fraction of sp³-hybridized carbons (Fsp3) is 0.267. The molecule has 0 saturated carbocycles. The van der Waals surface area contributed by atoms with Gasteiger partial charge in [0, 0.05) is 17.6 Å². The Hall–Kier alpha value is -3.39. The molecule has 0 saturated heterocycles. The Morgan fingerprint density at radius 2 is 1.80 bits per heavy atom. The molecule has 3 aromatic carbocycles. The van der Waals surface area contributed by atoms with Crippen LogP contribution in [0.15, 0.2) is 61.1 Å². The van der Waals surface area contributed by atoms with E-state index in [9.17, 15) is 4.79 Å². The largest absolute Gasteiger partial charge is 0.360 e. The standard InChI is InChI=1S/C30H29ClN2O2/c1-19-15-23-9-7-21(8-14-25-17-32-18-33(25)6)16-26(23)28(22-10-12-24(31)13-11-22)27(19)29(20(2)34)35-30(3,4)5/h7,9-13,15-18,29H,1-6H3. The van der Waals surface area contributed by atoms with Gasteiger partial charge in [-0.15, -0.1) is 0 Å². The first-order valence-electron chi connectivity index (χ1n) is 11.5. The van der Waals surface area contributed by atoms with Crippen LogP contribution < -0.4 is 0 Å². The van der Waals surface area contributed by atoms with E-state index in [2.05, 4.69) is 35.0 Å². The van der Waals surface area contributed by atoms with Crippen molar-refractivity contribution in [1.82, 2.24) is 9.55 Å². The topological polar surface area (TPSA) is 44.1 Å². The first-order valence-corrected chi connectivity index (χ1v) is 11.9. The van der Waals surface area contributed by atoms with Crippen LogP contribution in [0.1, 0.15) is 56.2 Å². The SMILES string of the molecule is CC(=O)C(OC(C)(C)C)c1c(C)cc2ccc(C#Cc3cncn3C)cc2c1-c1ccc(Cl)cc1. The number of nitrogens with zero attached hydrogens (tertiary/aromatic N) is 2. The molecule has 1 heterocycles. The Morgan fingerprint density at radius 3 is 2.40 bits per heavy atom. The second-order valence-electron chi connectivity index (χ2n) is 9.79. The zero-order valence-corrected chi connectivity index (χ0v) is 21.7. The normalized spacial score (nSPS) is 12.3. The molecule has 0 aliphatic carbocycles. The van der Waals surface area contributed by atoms with Crippen LogP contribution in [-0.4, -0.2) is 20.9 Å². The summed E-state index contributed by atoms with van der Waals surface area (Å²) in [6, 6.07) is 16.0. The summed E-state index contributed by atoms with van der Waals surface area (Å²) in [5.74, 6) is 6.42. The van der Waals surface area contributed by atoms with Crippen LogP contribution in [0.3, 0.4) is 0 Å². The summed E-state index contributed by atoms with van der Waals surface area (Å²) in [7, 11) is 1.92. The maximum Gasteiger partial charge on any atom is 0.163 e. The maximum atomic E-state index is 12.9. The van der Waals surface area contributed by atoms with Gasteiger partial charge in [-0.25, -0.2) is 4.98 Å². The summed E-state index contributed by atoms with van der Waals surface area (Å²) in [6.07, 6.45) is 2.78. The van der Waals surface area contributed by atoms with Crippen molar-refractivity contribution in [1.29, 1.82) is 0 Å². The van der Waals surface area contributed by atoms with Gasteiger partial charge < -0.3 is 9.30 Å². The van der Waals surface area contributed by atoms with Crippen molar-refractivity contribution in [3.63, 3.8) is 0 Å². The van der Waals surface area contributed by atoms with E-state index in [0.717, 1.165) is 44.3 Å². The number of Topliss-reactive ketones (excluding diaryl/α,β-unsaturated/α-hetero) is 1. The van der Waals surface area contributed by atoms with Crippen molar-refractivity contribution in [2.45, 2.75) is 46.3 Å². The molecule has 0 aliphatic rings. The van der Waals surface area contributed by atoms with E-state index in [4.69, 9.17) is 16.3 Å². The Balaban J connectivity index is 2.01. The van der Waals surface area contributed by atoms with Crippen LogP contribution in [0.25, 0.3) is 21.9 Å². The van der Waals surface area contributed by atoms with Gasteiger partial charge in [0.1, 0.15) is 11.8 Å². The molecule has 4 nitrogen and oxygen atoms in total. The number of ketones is 1. The Bertz CT molecular complexity index is 1460. The molecule has 0 amide bonds. The Morgan fingerprint density at radius 1 is 1.09 bits per heavy atom. The van der Waals surface area contributed by atoms with Crippen LogP contribution in [0.2, 0.25) is 5.02 Å². The molecule has 1 atom stereocenters. The molecule has 0 fully saturated rings. The predicted octanol–water partition coefficient (Wildman–Crippen LogP) is 7.05. The van der Waals surface area contributed by atoms with Gasteiger partial charge in [-0.05, 0) is 97.8 Å². The minimum Gasteiger partial charge on any atom is -0.360 e. The molecule has 1 unspecified atom stereocenters. The van der Waals surface area contributed by atoms with Crippen LogP contribution in [0.4, 0.5) is 0 Å². The number of carbonyl (C=O) groups excluding carboxylic acids is 1. The van der Waals surface area contributed by atoms with Crippen LogP contribution >= 0.6 is 11.6 Å². The third-order valence-corrected chi connectivity index (χ3v) is 6.03. The second kappa shape index (κ2) is 9.70. The number of hydrogen-bond donors (Lipinski definition) is 0. The highest BCUT2D eigenvalue weighted by molar-refractivity contribution is 6.30. The molecule has 5 heteroatoms. The lowest BCUT2D eigenvalue weighted by molar-refractivity contribution is -0.138. The molecule has 4 aromatic rings. The number of hydrogen-bond acceptors (Lipinski definition) is 3. The summed E-state index contributed by atoms with van der Waals surface area (Å²) in [6.45, 7) is 9.52. The van der Waals surface area contributed by atoms with Gasteiger partial charge in [0.05, 0.1) is 18.1 Å². The average Bonchev–Trinajstić information content (AvgIpc) is 3.20. The third-order valence-electron chi connectivity index (χ3n) is 5.78. The molecule has 35 heavy (non-hydrogen) atoms. The van der Waals surface area contributed by atoms with Gasteiger partial charge in [-0.3, -0.25) is 4.79 Å². The molecule has 178 valence electrons. The van der Waals surface area contributed by atoms with Crippen molar-refractivity contribution in [3.8, 4) is 23.0 Å². The van der Waals surface area contributed by atoms with E-state index in [1.54, 1.807) is 19.4 Å². The molecule has 4 rings (SSSR count). The minimum atomic E-state index is -0.700. The predicted molar refractivity (Wildman–Crippen MR) is 143 cm³/mol. The number of benzene rings is 3. The second-order valence-corrected chi connectivity index (χ2v) is 10.2. The number of aromatic nitrogens is 2. The van der Waals surface area contributed by atoms with Gasteiger partial charge in [-0.1, -0.05) is 41.8 Å². The van der Waals surface area contributed by atoms with E-state index in [1.807, 2.05) is 69.6 Å². The zero-order valence-electron chi connectivity index (χ0n) is 20.9. The van der Waals surface area contributed by atoms with E-state index in [0.29, 0.717) is 5.02 Å². The van der Waals surface area contributed by atoms with E-state index < -0.39 is 11.7 Å². The van der Waals surface area contributed by atoms with Gasteiger partial charge in [0.15, 0.2) is 5.78 Å². The lowest BCUT2D eigenvalue weighted by Crippen LogP contribution is -2.27. The molecule has 0 aliphatic heterocycles. The summed E-state index contributed by atoms with van der Waals surface area (Å²) >= 11 is 6.21. The van der Waals surface area contributed by atoms with Crippen molar-refractivity contribution < 1.29 is 9.53 Å². The van der Waals surface area contributed by atoms with Crippen molar-refractivity contribution in [2.24, 2.45) is 7.05 Å². The van der Waals surface area contributed by atoms with Crippen LogP contribution in [0.5, 0.6) is 0 Å². The quantitative estimate of drug-likeness (QED) is 0.291. The first kappa shape index (κ1) is 24.7. The number of carbonyl (C=O) groups is 1. The number of halogens is 1. The highest BCUT2D eigenvalue weighted by Gasteiger charge is 2.29. The molecule has 1 aromatic heterocycles. The monoisotopic (exact) mass is 484 g/mol. The average molecular weight is 485 g/mol. The first-order chi connectivity index (χ1) is 16.5. The molecule has 0 spiro atoms. The summed E-state index contributed by atoms with van der Waals surface area (Å²) in [4.78, 5) is 17.0. The highest BCUT2D eigenvalue weighted by atomic mass is 35.5. The van der Waals surface area contributed by atoms with E-state index in [1.165, 1.54) is 0 Å². The number of imidazole rings is 1. The van der Waals surface area contributed by atoms with Gasteiger partial charge in [-0.2, -0.15) is 0 Å². The number of fused-ring (bicyclic) bond motifs is 1. The van der Waals surface area contributed by atoms with Crippen LogP contribution in [-0.2, 0) is 16.6 Å². The summed E-state index contributed by atoms with van der Waals surface area (Å²) in [5.41, 5.74) is 5.02. The smallest absolute Gasteiger partial charge is 0.163 e. The maximum absolute atomic E-state index is 12.9. The Labute approximate surface area is 211 Å². The van der Waals surface area contributed by atoms with E-state index >= 15 is 0 Å². The van der Waals surface area contributed by atoms with Gasteiger partial charge in [0.2, 0.25) is 0 Å². The molecule has 0 bridgehead atoms. The third kappa shape index (κ3) is 5.48. The summed E-state index contributed by atoms with van der Waals surface area (Å²) in [5, 5.41) is 2.73. The number of aryl methyl sites for hydroxylation is 2. The fourth-order valence-corrected chi connectivity index (χ4v) is 4.33. The van der Waals surface area contributed by atoms with E-state index in [-0.39, 0.29) is 5.78 Å². The number of rotatable bonds is 4. The lowest BCUT2D eigenvalue weighted by Gasteiger charge is -2.29. The van der Waals surface area contributed by atoms with Crippen molar-refractivity contribution in [2.75, 3.05) is 0 Å². The minimum absolute atomic E-state index is 0.0373. The number of ether oxygens (including phenoxy) is 1. The van der Waals surface area contributed by atoms with Crippen LogP contribution in [0, 0.1) is 18.8 Å². The fourth-order valence-electron chi connectivity index (χ4n) is 4.21. The van der Waals surface area contributed by atoms with Crippen molar-refractivity contribution >= 4 is 28.2 Å². The summed E-state index contributed by atoms with van der Waals surface area (Å²) < 4.78 is 8.21. The van der Waals surface area contributed by atoms with Gasteiger partial charge >= 0.3 is 0 Å². The molecular formula is C30H29ClN2O2. The molecular weight excluding hydrogens is 456 g/mol. The Kier molecular flexibility index (Phi) is 6.85. The molecule has 0 N–H and O–H groups in total.